The van der Waals surface area contributed by atoms with Gasteiger partial charge < -0.3 is 9.47 Å². The molecule has 0 aliphatic carbocycles. The highest BCUT2D eigenvalue weighted by molar-refractivity contribution is 5.28. The summed E-state index contributed by atoms with van der Waals surface area (Å²) in [5, 5.41) is 9.01. The Balaban J connectivity index is 2.29. The van der Waals surface area contributed by atoms with Gasteiger partial charge in [0.1, 0.15) is 24.0 Å². The average Bonchev–Trinajstić information content (AvgIpc) is 2.17. The molecule has 15 heavy (non-hydrogen) atoms. The third-order valence-corrected chi connectivity index (χ3v) is 3.45. The van der Waals surface area contributed by atoms with Crippen LogP contribution in [0.2, 0.25) is 0 Å². The number of nitrogens with zero attached hydrogens (tertiary/aromatic N) is 1. The molecule has 0 amide bonds. The Labute approximate surface area is 90.7 Å². The molecule has 1 saturated heterocycles. The van der Waals surface area contributed by atoms with Crippen molar-refractivity contribution in [3.8, 4) is 6.07 Å². The molecule has 0 spiro atoms. The summed E-state index contributed by atoms with van der Waals surface area (Å²) in [5.41, 5.74) is 0.413. The van der Waals surface area contributed by atoms with Crippen molar-refractivity contribution in [2.45, 2.75) is 51.4 Å². The Morgan fingerprint density at radius 1 is 1.47 bits per heavy atom. The summed E-state index contributed by atoms with van der Waals surface area (Å²) in [5.74, 6) is 0.299. The fourth-order valence-electron chi connectivity index (χ4n) is 2.44. The summed E-state index contributed by atoms with van der Waals surface area (Å²) in [7, 11) is 0. The Bertz CT molecular complexity index is 327. The molecule has 0 N–H and O–H groups in total. The van der Waals surface area contributed by atoms with Crippen molar-refractivity contribution < 1.29 is 9.47 Å². The summed E-state index contributed by atoms with van der Waals surface area (Å²) in [6.07, 6.45) is 3.86. The topological polar surface area (TPSA) is 42.2 Å². The lowest BCUT2D eigenvalue weighted by Crippen LogP contribution is -2.49. The van der Waals surface area contributed by atoms with E-state index in [2.05, 4.69) is 26.8 Å². The second-order valence-electron chi connectivity index (χ2n) is 4.96. The summed E-state index contributed by atoms with van der Waals surface area (Å²) >= 11 is 0. The number of ether oxygens (including phenoxy) is 2. The lowest BCUT2D eigenvalue weighted by atomic mass is 9.76. The molecule has 2 heterocycles. The zero-order chi connectivity index (χ0) is 11.1. The van der Waals surface area contributed by atoms with Gasteiger partial charge >= 0.3 is 0 Å². The number of fused-ring (bicyclic) bond motifs is 1. The van der Waals surface area contributed by atoms with Gasteiger partial charge in [0.05, 0.1) is 11.7 Å². The molecular formula is C12H17NO2. The van der Waals surface area contributed by atoms with E-state index in [1.807, 2.05) is 0 Å². The zero-order valence-electron chi connectivity index (χ0n) is 9.49. The number of hydrogen-bond donors (Lipinski definition) is 0. The molecule has 0 saturated carbocycles. The molecule has 0 unspecified atom stereocenters. The van der Waals surface area contributed by atoms with Crippen LogP contribution in [0.4, 0.5) is 0 Å². The lowest BCUT2D eigenvalue weighted by Gasteiger charge is -2.45. The van der Waals surface area contributed by atoms with Crippen molar-refractivity contribution >= 4 is 0 Å². The third-order valence-electron chi connectivity index (χ3n) is 3.45. The summed E-state index contributed by atoms with van der Waals surface area (Å²) in [4.78, 5) is 0. The number of rotatable bonds is 0. The van der Waals surface area contributed by atoms with Gasteiger partial charge in [0.15, 0.2) is 0 Å². The van der Waals surface area contributed by atoms with Crippen LogP contribution in [0.5, 0.6) is 0 Å². The second kappa shape index (κ2) is 3.53. The van der Waals surface area contributed by atoms with Crippen molar-refractivity contribution in [3.05, 3.63) is 11.8 Å². The first-order chi connectivity index (χ1) is 7.04. The third kappa shape index (κ3) is 1.74. The highest BCUT2D eigenvalue weighted by atomic mass is 16.5. The van der Waals surface area contributed by atoms with Gasteiger partial charge in [-0.15, -0.1) is 0 Å². The first-order valence-electron chi connectivity index (χ1n) is 5.48. The number of nitriles is 1. The second-order valence-corrected chi connectivity index (χ2v) is 4.96. The Hall–Kier alpha value is -1.01. The van der Waals surface area contributed by atoms with E-state index in [4.69, 9.17) is 14.7 Å². The molecule has 2 rings (SSSR count). The van der Waals surface area contributed by atoms with E-state index in [0.29, 0.717) is 11.5 Å². The van der Waals surface area contributed by atoms with Gasteiger partial charge in [-0.3, -0.25) is 0 Å². The van der Waals surface area contributed by atoms with Crippen molar-refractivity contribution in [1.29, 1.82) is 5.26 Å². The van der Waals surface area contributed by atoms with Crippen molar-refractivity contribution in [1.82, 2.24) is 0 Å². The Morgan fingerprint density at radius 2 is 2.20 bits per heavy atom. The summed E-state index contributed by atoms with van der Waals surface area (Å²) in [6, 6.07) is 2.17. The van der Waals surface area contributed by atoms with Crippen molar-refractivity contribution in [2.75, 3.05) is 0 Å². The van der Waals surface area contributed by atoms with Gasteiger partial charge in [-0.25, -0.2) is 0 Å². The first kappa shape index (κ1) is 10.5. The molecule has 0 bridgehead atoms. The molecule has 0 aromatic heterocycles. The maximum atomic E-state index is 9.01. The monoisotopic (exact) mass is 207 g/mol. The van der Waals surface area contributed by atoms with E-state index in [-0.39, 0.29) is 17.8 Å². The van der Waals surface area contributed by atoms with E-state index < -0.39 is 0 Å². The van der Waals surface area contributed by atoms with Crippen LogP contribution in [0.3, 0.4) is 0 Å². The fourth-order valence-corrected chi connectivity index (χ4v) is 2.44. The van der Waals surface area contributed by atoms with E-state index in [1.165, 1.54) is 0 Å². The van der Waals surface area contributed by atoms with E-state index >= 15 is 0 Å². The van der Waals surface area contributed by atoms with Crippen LogP contribution >= 0.6 is 0 Å². The molecule has 82 valence electrons. The van der Waals surface area contributed by atoms with Gasteiger partial charge in [0.25, 0.3) is 0 Å². The van der Waals surface area contributed by atoms with Crippen LogP contribution in [0.25, 0.3) is 0 Å². The fraction of sp³-hybridized carbons (Fsp3) is 0.750. The van der Waals surface area contributed by atoms with Gasteiger partial charge in [0.2, 0.25) is 0 Å². The molecular weight excluding hydrogens is 190 g/mol. The largest absolute Gasteiger partial charge is 0.494 e. The van der Waals surface area contributed by atoms with Gasteiger partial charge in [-0.05, 0) is 33.6 Å². The number of hydrogen-bond acceptors (Lipinski definition) is 3. The SMILES string of the molecule is C[C@H]1CC[C@H]2[C@H](O1)C(C#N)=COC2(C)C. The standard InChI is InChI=1S/C12H17NO2/c1-8-4-5-10-11(15-8)9(6-13)7-14-12(10,2)3/h7-8,10-11H,4-5H2,1-3H3/t8-,10-,11+/m0/s1. The quantitative estimate of drug-likeness (QED) is 0.612. The van der Waals surface area contributed by atoms with Crippen LogP contribution < -0.4 is 0 Å². The normalized spacial score (nSPS) is 38.3. The highest BCUT2D eigenvalue weighted by Crippen LogP contribution is 2.41. The molecule has 2 aliphatic rings. The maximum Gasteiger partial charge on any atom is 0.108 e. The van der Waals surface area contributed by atoms with Crippen LogP contribution in [0.1, 0.15) is 33.6 Å². The Morgan fingerprint density at radius 3 is 2.87 bits per heavy atom. The van der Waals surface area contributed by atoms with Crippen molar-refractivity contribution in [3.63, 3.8) is 0 Å². The molecule has 1 fully saturated rings. The highest BCUT2D eigenvalue weighted by Gasteiger charge is 2.45. The van der Waals surface area contributed by atoms with Gasteiger partial charge in [0, 0.05) is 5.92 Å². The van der Waals surface area contributed by atoms with Gasteiger partial charge in [-0.2, -0.15) is 5.26 Å². The molecule has 3 atom stereocenters. The molecule has 0 aromatic carbocycles. The molecule has 3 nitrogen and oxygen atoms in total. The predicted molar refractivity (Wildman–Crippen MR) is 55.9 cm³/mol. The Kier molecular flexibility index (Phi) is 2.47. The summed E-state index contributed by atoms with van der Waals surface area (Å²) < 4.78 is 11.5. The summed E-state index contributed by atoms with van der Waals surface area (Å²) in [6.45, 7) is 6.19. The molecule has 2 aliphatic heterocycles. The molecule has 0 radical (unpaired) electrons. The molecule has 3 heteroatoms. The first-order valence-corrected chi connectivity index (χ1v) is 5.48. The van der Waals surface area contributed by atoms with Crippen LogP contribution in [0, 0.1) is 17.2 Å². The molecule has 0 aromatic rings. The van der Waals surface area contributed by atoms with E-state index in [9.17, 15) is 0 Å². The van der Waals surface area contributed by atoms with Crippen LogP contribution in [-0.4, -0.2) is 17.8 Å². The smallest absolute Gasteiger partial charge is 0.108 e. The minimum atomic E-state index is -0.217. The predicted octanol–water partition coefficient (Wildman–Crippen LogP) is 2.39. The van der Waals surface area contributed by atoms with Crippen molar-refractivity contribution in [2.24, 2.45) is 5.92 Å². The van der Waals surface area contributed by atoms with Crippen LogP contribution in [-0.2, 0) is 9.47 Å². The van der Waals surface area contributed by atoms with Crippen LogP contribution in [0.15, 0.2) is 11.8 Å². The minimum Gasteiger partial charge on any atom is -0.494 e. The van der Waals surface area contributed by atoms with E-state index in [1.54, 1.807) is 6.26 Å². The van der Waals surface area contributed by atoms with E-state index in [0.717, 1.165) is 12.8 Å². The average molecular weight is 207 g/mol. The maximum absolute atomic E-state index is 9.01. The lowest BCUT2D eigenvalue weighted by molar-refractivity contribution is -0.137. The van der Waals surface area contributed by atoms with Gasteiger partial charge in [-0.1, -0.05) is 0 Å². The minimum absolute atomic E-state index is 0.0671. The zero-order valence-corrected chi connectivity index (χ0v) is 9.49.